The van der Waals surface area contributed by atoms with Gasteiger partial charge in [-0.2, -0.15) is 0 Å². The van der Waals surface area contributed by atoms with E-state index in [4.69, 9.17) is 5.11 Å². The second kappa shape index (κ2) is 6.95. The van der Waals surface area contributed by atoms with E-state index in [9.17, 15) is 4.79 Å². The van der Waals surface area contributed by atoms with Gasteiger partial charge in [0.1, 0.15) is 6.04 Å². The molecular formula is C11H18N2O2. The number of allylic oxidation sites excluding steroid dienone is 1. The number of aliphatic imine (C=N–C) groups is 1. The number of nitrogens with one attached hydrogen (secondary N) is 1. The molecule has 84 valence electrons. The molecule has 0 aromatic heterocycles. The summed E-state index contributed by atoms with van der Waals surface area (Å²) in [6, 6.07) is -0.479. The van der Waals surface area contributed by atoms with Crippen molar-refractivity contribution in [3.8, 4) is 0 Å². The molecule has 15 heavy (non-hydrogen) atoms. The molecule has 2 N–H and O–H groups in total. The lowest BCUT2D eigenvalue weighted by Crippen LogP contribution is -2.40. The summed E-state index contributed by atoms with van der Waals surface area (Å²) < 4.78 is 0. The van der Waals surface area contributed by atoms with Gasteiger partial charge in [-0.3, -0.25) is 9.79 Å². The highest BCUT2D eigenvalue weighted by Gasteiger charge is 2.17. The highest BCUT2D eigenvalue weighted by atomic mass is 16.4. The molecule has 4 nitrogen and oxygen atoms in total. The molecule has 0 amide bonds. The zero-order valence-corrected chi connectivity index (χ0v) is 9.23. The summed E-state index contributed by atoms with van der Waals surface area (Å²) in [5, 5.41) is 11.9. The van der Waals surface area contributed by atoms with Gasteiger partial charge in [0.05, 0.1) is 0 Å². The molecule has 0 aliphatic heterocycles. The first-order chi connectivity index (χ1) is 6.97. The van der Waals surface area contributed by atoms with Crippen LogP contribution in [0.4, 0.5) is 0 Å². The van der Waals surface area contributed by atoms with E-state index >= 15 is 0 Å². The van der Waals surface area contributed by atoms with E-state index in [-0.39, 0.29) is 6.04 Å². The lowest BCUT2D eigenvalue weighted by Gasteiger charge is -2.17. The standard InChI is InChI=1S/C11H18N2O2/c1-8(2)13-10(11(14)15)7-9(3)5-6-12-4/h5-6,8,10,13H,3-4,7H2,1-2H3,(H,14,15)/b6-5-. The van der Waals surface area contributed by atoms with Crippen LogP contribution in [0.3, 0.4) is 0 Å². The van der Waals surface area contributed by atoms with Crippen LogP contribution in [0.5, 0.6) is 0 Å². The average Bonchev–Trinajstić information content (AvgIpc) is 2.12. The van der Waals surface area contributed by atoms with Gasteiger partial charge >= 0.3 is 5.97 Å². The summed E-state index contributed by atoms with van der Waals surface area (Å²) in [5.74, 6) is -0.871. The highest BCUT2D eigenvalue weighted by molar-refractivity contribution is 5.74. The second-order valence-electron chi connectivity index (χ2n) is 3.57. The van der Waals surface area contributed by atoms with E-state index in [1.807, 2.05) is 13.8 Å². The van der Waals surface area contributed by atoms with Gasteiger partial charge in [0, 0.05) is 12.2 Å². The third kappa shape index (κ3) is 6.62. The number of carboxylic acids is 1. The van der Waals surface area contributed by atoms with Gasteiger partial charge < -0.3 is 10.4 Å². The Labute approximate surface area is 90.4 Å². The van der Waals surface area contributed by atoms with Crippen molar-refractivity contribution in [2.45, 2.75) is 32.4 Å². The molecule has 0 fully saturated rings. The van der Waals surface area contributed by atoms with Gasteiger partial charge in [-0.15, -0.1) is 0 Å². The van der Waals surface area contributed by atoms with Crippen molar-refractivity contribution in [1.82, 2.24) is 5.32 Å². The van der Waals surface area contributed by atoms with Crippen LogP contribution in [-0.4, -0.2) is 29.9 Å². The minimum atomic E-state index is -0.871. The number of carbonyl (C=O) groups is 1. The maximum Gasteiger partial charge on any atom is 0.321 e. The van der Waals surface area contributed by atoms with Crippen LogP contribution >= 0.6 is 0 Å². The predicted molar refractivity (Wildman–Crippen MR) is 62.1 cm³/mol. The summed E-state index contributed by atoms with van der Waals surface area (Å²) in [6.45, 7) is 10.8. The van der Waals surface area contributed by atoms with Crippen LogP contribution in [0.2, 0.25) is 0 Å². The quantitative estimate of drug-likeness (QED) is 0.495. The summed E-state index contributed by atoms with van der Waals surface area (Å²) >= 11 is 0. The summed E-state index contributed by atoms with van der Waals surface area (Å²) in [7, 11) is 0. The maximum absolute atomic E-state index is 10.9. The number of hydrogen-bond acceptors (Lipinski definition) is 3. The fraction of sp³-hybridized carbons (Fsp3) is 0.455. The Morgan fingerprint density at radius 3 is 2.60 bits per heavy atom. The Kier molecular flexibility index (Phi) is 6.29. The average molecular weight is 210 g/mol. The predicted octanol–water partition coefficient (Wildman–Crippen LogP) is 1.60. The van der Waals surface area contributed by atoms with Crippen molar-refractivity contribution in [3.63, 3.8) is 0 Å². The largest absolute Gasteiger partial charge is 0.480 e. The maximum atomic E-state index is 10.9. The Hall–Kier alpha value is -1.42. The molecule has 0 aromatic carbocycles. The molecule has 0 saturated heterocycles. The van der Waals surface area contributed by atoms with Gasteiger partial charge in [0.15, 0.2) is 0 Å². The van der Waals surface area contributed by atoms with Crippen LogP contribution in [0.1, 0.15) is 20.3 Å². The Balaban J connectivity index is 4.28. The molecule has 0 radical (unpaired) electrons. The van der Waals surface area contributed by atoms with Gasteiger partial charge in [-0.1, -0.05) is 26.0 Å². The lowest BCUT2D eigenvalue weighted by molar-refractivity contribution is -0.139. The van der Waals surface area contributed by atoms with Crippen molar-refractivity contribution in [1.29, 1.82) is 0 Å². The van der Waals surface area contributed by atoms with E-state index in [0.717, 1.165) is 0 Å². The summed E-state index contributed by atoms with van der Waals surface area (Å²) in [5.41, 5.74) is 0.711. The van der Waals surface area contributed by atoms with E-state index < -0.39 is 12.0 Å². The minimum Gasteiger partial charge on any atom is -0.480 e. The first kappa shape index (κ1) is 13.6. The lowest BCUT2D eigenvalue weighted by atomic mass is 10.1. The SMILES string of the molecule is C=N/C=C\C(=C)CC(NC(C)C)C(=O)O. The van der Waals surface area contributed by atoms with Crippen molar-refractivity contribution in [3.05, 3.63) is 24.4 Å². The third-order valence-electron chi connectivity index (χ3n) is 1.71. The number of carboxylic acid groups (broad SMARTS) is 1. The van der Waals surface area contributed by atoms with E-state index in [0.29, 0.717) is 12.0 Å². The molecule has 0 bridgehead atoms. The molecule has 1 atom stereocenters. The molecule has 0 heterocycles. The molecular weight excluding hydrogens is 192 g/mol. The zero-order chi connectivity index (χ0) is 11.8. The first-order valence-corrected chi connectivity index (χ1v) is 4.76. The van der Waals surface area contributed by atoms with Crippen LogP contribution in [-0.2, 0) is 4.79 Å². The van der Waals surface area contributed by atoms with Crippen molar-refractivity contribution >= 4 is 12.7 Å². The van der Waals surface area contributed by atoms with Crippen LogP contribution in [0, 0.1) is 0 Å². The smallest absolute Gasteiger partial charge is 0.321 e. The normalized spacial score (nSPS) is 13.0. The fourth-order valence-electron chi connectivity index (χ4n) is 1.11. The van der Waals surface area contributed by atoms with Crippen LogP contribution < -0.4 is 5.32 Å². The van der Waals surface area contributed by atoms with E-state index in [1.54, 1.807) is 6.08 Å². The molecule has 0 aliphatic carbocycles. The van der Waals surface area contributed by atoms with Gasteiger partial charge in [0.25, 0.3) is 0 Å². The van der Waals surface area contributed by atoms with Gasteiger partial charge in [-0.05, 0) is 19.2 Å². The van der Waals surface area contributed by atoms with Crippen LogP contribution in [0.25, 0.3) is 0 Å². The molecule has 0 aromatic rings. The Bertz CT molecular complexity index is 270. The fourth-order valence-corrected chi connectivity index (χ4v) is 1.11. The minimum absolute atomic E-state index is 0.125. The summed E-state index contributed by atoms with van der Waals surface area (Å²) in [4.78, 5) is 14.4. The van der Waals surface area contributed by atoms with Gasteiger partial charge in [0.2, 0.25) is 0 Å². The molecule has 0 saturated carbocycles. The number of aliphatic carboxylic acids is 1. The van der Waals surface area contributed by atoms with Crippen molar-refractivity contribution in [2.24, 2.45) is 4.99 Å². The molecule has 0 aliphatic rings. The van der Waals surface area contributed by atoms with Gasteiger partial charge in [-0.25, -0.2) is 0 Å². The monoisotopic (exact) mass is 210 g/mol. The van der Waals surface area contributed by atoms with E-state index in [2.05, 4.69) is 23.6 Å². The van der Waals surface area contributed by atoms with Crippen molar-refractivity contribution < 1.29 is 9.90 Å². The first-order valence-electron chi connectivity index (χ1n) is 4.76. The number of nitrogens with zero attached hydrogens (tertiary/aromatic N) is 1. The van der Waals surface area contributed by atoms with E-state index in [1.165, 1.54) is 6.20 Å². The Morgan fingerprint density at radius 1 is 1.60 bits per heavy atom. The second-order valence-corrected chi connectivity index (χ2v) is 3.57. The molecule has 0 rings (SSSR count). The molecule has 0 spiro atoms. The highest BCUT2D eigenvalue weighted by Crippen LogP contribution is 2.06. The zero-order valence-electron chi connectivity index (χ0n) is 9.23. The topological polar surface area (TPSA) is 61.7 Å². The summed E-state index contributed by atoms with van der Waals surface area (Å²) in [6.07, 6.45) is 3.51. The Morgan fingerprint density at radius 2 is 2.20 bits per heavy atom. The number of rotatable bonds is 7. The molecule has 1 unspecified atom stereocenters. The van der Waals surface area contributed by atoms with Crippen molar-refractivity contribution in [2.75, 3.05) is 0 Å². The third-order valence-corrected chi connectivity index (χ3v) is 1.71. The molecule has 4 heteroatoms. The number of hydrogen-bond donors (Lipinski definition) is 2. The van der Waals surface area contributed by atoms with Crippen LogP contribution in [0.15, 0.2) is 29.4 Å².